The second-order valence-electron chi connectivity index (χ2n) is 7.71. The lowest BCUT2D eigenvalue weighted by molar-refractivity contribution is -0.139. The van der Waals surface area contributed by atoms with Crippen molar-refractivity contribution in [3.8, 4) is 0 Å². The molecular weight excluding hydrogens is 455 g/mol. The lowest BCUT2D eigenvalue weighted by Crippen LogP contribution is -2.44. The van der Waals surface area contributed by atoms with Gasteiger partial charge in [0.2, 0.25) is 0 Å². The number of benzene rings is 3. The highest BCUT2D eigenvalue weighted by Gasteiger charge is 2.36. The summed E-state index contributed by atoms with van der Waals surface area (Å²) in [5.41, 5.74) is 1.47. The molecule has 0 N–H and O–H groups in total. The first-order chi connectivity index (χ1) is 15.4. The Morgan fingerprint density at radius 3 is 2.38 bits per heavy atom. The molecule has 0 aromatic heterocycles. The number of morpholine rings is 1. The van der Waals surface area contributed by atoms with E-state index < -0.39 is 11.7 Å². The number of ether oxygens (including phenoxy) is 1. The van der Waals surface area contributed by atoms with E-state index >= 15 is 0 Å². The maximum atomic E-state index is 13.6. The summed E-state index contributed by atoms with van der Waals surface area (Å²) in [7, 11) is 0. The van der Waals surface area contributed by atoms with Crippen molar-refractivity contribution in [2.45, 2.75) is 29.0 Å². The first kappa shape index (κ1) is 23.2. The Morgan fingerprint density at radius 2 is 1.66 bits per heavy atom. The zero-order valence-electron chi connectivity index (χ0n) is 17.3. The van der Waals surface area contributed by atoms with Crippen LogP contribution in [0, 0.1) is 0 Å². The number of alkyl halides is 3. The molecule has 0 spiro atoms. The van der Waals surface area contributed by atoms with E-state index in [2.05, 4.69) is 17.0 Å². The van der Waals surface area contributed by atoms with Crippen LogP contribution in [0.25, 0.3) is 0 Å². The first-order valence-corrected chi connectivity index (χ1v) is 11.6. The van der Waals surface area contributed by atoms with Gasteiger partial charge in [-0.15, -0.1) is 11.8 Å². The fourth-order valence-corrected chi connectivity index (χ4v) is 5.33. The Morgan fingerprint density at radius 1 is 0.969 bits per heavy atom. The van der Waals surface area contributed by atoms with Crippen LogP contribution in [-0.4, -0.2) is 30.7 Å². The molecule has 1 saturated heterocycles. The van der Waals surface area contributed by atoms with E-state index in [0.29, 0.717) is 18.2 Å². The van der Waals surface area contributed by atoms with E-state index in [1.807, 2.05) is 30.3 Å². The average molecular weight is 478 g/mol. The summed E-state index contributed by atoms with van der Waals surface area (Å²) in [5, 5.41) is 0.276. The molecular formula is C25H23ClF3NOS. The minimum absolute atomic E-state index is 0.198. The molecule has 1 aliphatic heterocycles. The van der Waals surface area contributed by atoms with Crippen molar-refractivity contribution in [3.05, 3.63) is 101 Å². The molecule has 1 aliphatic rings. The fraction of sp³-hybridized carbons (Fsp3) is 0.280. The van der Waals surface area contributed by atoms with Gasteiger partial charge in [-0.25, -0.2) is 0 Å². The highest BCUT2D eigenvalue weighted by atomic mass is 35.5. The minimum Gasteiger partial charge on any atom is -0.374 e. The zero-order valence-corrected chi connectivity index (χ0v) is 18.8. The largest absolute Gasteiger partial charge is 0.417 e. The van der Waals surface area contributed by atoms with Crippen molar-refractivity contribution in [2.75, 3.05) is 19.7 Å². The average Bonchev–Trinajstić information content (AvgIpc) is 2.79. The van der Waals surface area contributed by atoms with Gasteiger partial charge in [-0.05, 0) is 35.4 Å². The Labute approximate surface area is 195 Å². The normalized spacial score (nSPS) is 18.4. The molecule has 0 radical (unpaired) electrons. The molecule has 0 aliphatic carbocycles. The van der Waals surface area contributed by atoms with Gasteiger partial charge in [-0.1, -0.05) is 66.2 Å². The van der Waals surface area contributed by atoms with Crippen LogP contribution in [0.15, 0.2) is 83.8 Å². The van der Waals surface area contributed by atoms with Crippen molar-refractivity contribution in [1.82, 2.24) is 4.90 Å². The van der Waals surface area contributed by atoms with E-state index in [0.717, 1.165) is 24.7 Å². The van der Waals surface area contributed by atoms with Gasteiger partial charge in [0.25, 0.3) is 0 Å². The number of thioether (sulfide) groups is 1. The lowest BCUT2D eigenvalue weighted by atomic mass is 10.1. The number of nitrogens with zero attached hydrogens (tertiary/aromatic N) is 1. The summed E-state index contributed by atoms with van der Waals surface area (Å²) < 4.78 is 47.0. The summed E-state index contributed by atoms with van der Waals surface area (Å²) in [6.07, 6.45) is -4.68. The first-order valence-electron chi connectivity index (χ1n) is 10.4. The summed E-state index contributed by atoms with van der Waals surface area (Å²) in [4.78, 5) is 2.49. The molecule has 3 aromatic rings. The summed E-state index contributed by atoms with van der Waals surface area (Å²) in [5.74, 6) is 0. The van der Waals surface area contributed by atoms with Crippen LogP contribution < -0.4 is 0 Å². The quantitative estimate of drug-likeness (QED) is 0.351. The third-order valence-electron chi connectivity index (χ3n) is 5.41. The van der Waals surface area contributed by atoms with Gasteiger partial charge >= 0.3 is 6.18 Å². The molecule has 1 unspecified atom stereocenters. The third-order valence-corrected chi connectivity index (χ3v) is 7.10. The zero-order chi connectivity index (χ0) is 22.6. The van der Waals surface area contributed by atoms with E-state index in [-0.39, 0.29) is 16.2 Å². The van der Waals surface area contributed by atoms with Crippen LogP contribution in [0.2, 0.25) is 5.02 Å². The molecule has 0 amide bonds. The molecule has 2 atom stereocenters. The molecule has 1 heterocycles. The third kappa shape index (κ3) is 5.87. The van der Waals surface area contributed by atoms with Crippen molar-refractivity contribution < 1.29 is 17.9 Å². The van der Waals surface area contributed by atoms with Crippen LogP contribution in [0.1, 0.15) is 21.9 Å². The Hall–Kier alpha value is -1.99. The Bertz CT molecular complexity index is 1010. The van der Waals surface area contributed by atoms with Crippen LogP contribution in [0.4, 0.5) is 13.2 Å². The van der Waals surface area contributed by atoms with Crippen LogP contribution in [0.3, 0.4) is 0 Å². The van der Waals surface area contributed by atoms with Gasteiger partial charge in [0.15, 0.2) is 0 Å². The van der Waals surface area contributed by atoms with E-state index in [4.69, 9.17) is 16.3 Å². The van der Waals surface area contributed by atoms with Gasteiger partial charge < -0.3 is 4.74 Å². The second kappa shape index (κ2) is 10.3. The van der Waals surface area contributed by atoms with Crippen LogP contribution in [-0.2, 0) is 17.5 Å². The highest BCUT2D eigenvalue weighted by Crippen LogP contribution is 2.45. The summed E-state index contributed by atoms with van der Waals surface area (Å²) in [6.45, 7) is 2.72. The standard InChI is InChI=1S/C25H23ClF3NOS/c26-20-12-10-19(11-13-20)24(32-23-9-5-4-8-21(23)25(27,28)29)22-17-30(14-15-31-22)16-18-6-2-1-3-7-18/h1-13,22,24H,14-17H2/t22-,24?/m1/s1. The SMILES string of the molecule is FC(F)(F)c1ccccc1SC(c1ccc(Cl)cc1)[C@H]1CN(Cc2ccccc2)CCO1. The number of halogens is 4. The maximum Gasteiger partial charge on any atom is 0.417 e. The van der Waals surface area contributed by atoms with Gasteiger partial charge in [0.1, 0.15) is 0 Å². The number of rotatable bonds is 6. The van der Waals surface area contributed by atoms with Gasteiger partial charge in [0.05, 0.1) is 23.5 Å². The molecule has 0 saturated carbocycles. The minimum atomic E-state index is -4.42. The Kier molecular flexibility index (Phi) is 7.46. The highest BCUT2D eigenvalue weighted by molar-refractivity contribution is 7.99. The fourth-order valence-electron chi connectivity index (χ4n) is 3.85. The molecule has 168 valence electrons. The maximum absolute atomic E-state index is 13.6. The molecule has 0 bridgehead atoms. The van der Waals surface area contributed by atoms with E-state index in [1.54, 1.807) is 18.2 Å². The van der Waals surface area contributed by atoms with E-state index in [9.17, 15) is 13.2 Å². The van der Waals surface area contributed by atoms with Gasteiger partial charge in [0, 0.05) is 29.6 Å². The smallest absolute Gasteiger partial charge is 0.374 e. The van der Waals surface area contributed by atoms with Crippen molar-refractivity contribution >= 4 is 23.4 Å². The molecule has 2 nitrogen and oxygen atoms in total. The summed E-state index contributed by atoms with van der Waals surface area (Å²) >= 11 is 7.27. The van der Waals surface area contributed by atoms with Crippen LogP contribution in [0.5, 0.6) is 0 Å². The molecule has 4 rings (SSSR count). The van der Waals surface area contributed by atoms with Crippen molar-refractivity contribution in [1.29, 1.82) is 0 Å². The predicted molar refractivity (Wildman–Crippen MR) is 123 cm³/mol. The number of hydrogen-bond donors (Lipinski definition) is 0. The lowest BCUT2D eigenvalue weighted by Gasteiger charge is -2.37. The summed E-state index contributed by atoms with van der Waals surface area (Å²) in [6, 6.07) is 23.2. The van der Waals surface area contributed by atoms with Crippen LogP contribution >= 0.6 is 23.4 Å². The van der Waals surface area contributed by atoms with Crippen molar-refractivity contribution in [2.24, 2.45) is 0 Å². The Balaban J connectivity index is 1.61. The topological polar surface area (TPSA) is 12.5 Å². The molecule has 3 aromatic carbocycles. The van der Waals surface area contributed by atoms with E-state index in [1.165, 1.54) is 29.5 Å². The predicted octanol–water partition coefficient (Wildman–Crippen LogP) is 7.09. The monoisotopic (exact) mass is 477 g/mol. The van der Waals surface area contributed by atoms with Gasteiger partial charge in [-0.3, -0.25) is 4.90 Å². The molecule has 7 heteroatoms. The van der Waals surface area contributed by atoms with Gasteiger partial charge in [-0.2, -0.15) is 13.2 Å². The second-order valence-corrected chi connectivity index (χ2v) is 9.33. The van der Waals surface area contributed by atoms with Crippen molar-refractivity contribution in [3.63, 3.8) is 0 Å². The molecule has 1 fully saturated rings. The number of hydrogen-bond acceptors (Lipinski definition) is 3. The molecule has 32 heavy (non-hydrogen) atoms.